The monoisotopic (exact) mass is 557 g/mol. The fourth-order valence-electron chi connectivity index (χ4n) is 4.44. The fraction of sp³-hybridized carbons (Fsp3) is 0.226. The average Bonchev–Trinajstić information content (AvgIpc) is 3.00. The van der Waals surface area contributed by atoms with Gasteiger partial charge in [-0.3, -0.25) is 0 Å². The molecule has 3 N–H and O–H groups in total. The van der Waals surface area contributed by atoms with E-state index in [1.165, 1.54) is 18.0 Å². The van der Waals surface area contributed by atoms with Gasteiger partial charge in [0.2, 0.25) is 0 Å². The van der Waals surface area contributed by atoms with E-state index in [4.69, 9.17) is 9.47 Å². The molecular formula is C31H31N3O5S. The molecule has 3 unspecified atom stereocenters. The van der Waals surface area contributed by atoms with Crippen LogP contribution in [0.3, 0.4) is 0 Å². The van der Waals surface area contributed by atoms with Crippen LogP contribution in [-0.2, 0) is 22.6 Å². The van der Waals surface area contributed by atoms with E-state index in [0.29, 0.717) is 29.4 Å². The van der Waals surface area contributed by atoms with Crippen LogP contribution in [0.1, 0.15) is 41.1 Å². The number of rotatable bonds is 9. The lowest BCUT2D eigenvalue weighted by atomic mass is 10.0. The molecule has 9 heteroatoms. The molecule has 1 saturated heterocycles. The average molecular weight is 558 g/mol. The lowest BCUT2D eigenvalue weighted by Gasteiger charge is -2.36. The smallest absolute Gasteiger partial charge is 0.319 e. The number of aliphatic hydroxyl groups is 1. The normalized spacial score (nSPS) is 18.7. The first-order valence-corrected chi connectivity index (χ1v) is 14.1. The van der Waals surface area contributed by atoms with Gasteiger partial charge in [-0.2, -0.15) is 4.73 Å². The van der Waals surface area contributed by atoms with Crippen LogP contribution in [0, 0.1) is 5.21 Å². The molecule has 1 fully saturated rings. The number of hydrogen-bond acceptors (Lipinski definition) is 6. The highest BCUT2D eigenvalue weighted by Gasteiger charge is 2.33. The van der Waals surface area contributed by atoms with Crippen LogP contribution < -0.4 is 15.4 Å². The van der Waals surface area contributed by atoms with E-state index >= 15 is 0 Å². The first-order valence-electron chi connectivity index (χ1n) is 13.1. The highest BCUT2D eigenvalue weighted by molar-refractivity contribution is 7.99. The summed E-state index contributed by atoms with van der Waals surface area (Å²) < 4.78 is 13.6. The zero-order valence-corrected chi connectivity index (χ0v) is 22.6. The van der Waals surface area contributed by atoms with Crippen LogP contribution >= 0.6 is 11.8 Å². The van der Waals surface area contributed by atoms with E-state index < -0.39 is 6.29 Å². The Morgan fingerprint density at radius 1 is 0.925 bits per heavy atom. The van der Waals surface area contributed by atoms with E-state index in [1.807, 2.05) is 84.9 Å². The van der Waals surface area contributed by atoms with Gasteiger partial charge in [0.15, 0.2) is 12.5 Å². The third-order valence-corrected chi connectivity index (χ3v) is 7.68. The molecule has 4 aromatic rings. The second kappa shape index (κ2) is 13.5. The summed E-state index contributed by atoms with van der Waals surface area (Å²) in [5.41, 5.74) is 4.20. The van der Waals surface area contributed by atoms with E-state index in [-0.39, 0.29) is 24.8 Å². The van der Waals surface area contributed by atoms with Gasteiger partial charge in [0, 0.05) is 42.1 Å². The maximum absolute atomic E-state index is 12.5. The Balaban J connectivity index is 1.29. The molecule has 3 aromatic carbocycles. The first-order chi connectivity index (χ1) is 19.6. The van der Waals surface area contributed by atoms with Gasteiger partial charge < -0.3 is 30.4 Å². The van der Waals surface area contributed by atoms with Crippen molar-refractivity contribution in [1.82, 2.24) is 5.32 Å². The van der Waals surface area contributed by atoms with Gasteiger partial charge >= 0.3 is 6.03 Å². The highest BCUT2D eigenvalue weighted by atomic mass is 32.2. The summed E-state index contributed by atoms with van der Waals surface area (Å²) in [6.45, 7) is 0.393. The molecule has 2 heterocycles. The van der Waals surface area contributed by atoms with Crippen LogP contribution in [0.2, 0.25) is 0 Å². The molecule has 206 valence electrons. The van der Waals surface area contributed by atoms with Crippen LogP contribution in [0.5, 0.6) is 0 Å². The highest BCUT2D eigenvalue weighted by Crippen LogP contribution is 2.39. The van der Waals surface area contributed by atoms with Gasteiger partial charge in [0.05, 0.1) is 18.8 Å². The molecule has 0 bridgehead atoms. The summed E-state index contributed by atoms with van der Waals surface area (Å²) in [5, 5.41) is 27.9. The molecule has 5 rings (SSSR count). The van der Waals surface area contributed by atoms with Crippen molar-refractivity contribution in [2.24, 2.45) is 0 Å². The lowest BCUT2D eigenvalue weighted by Crippen LogP contribution is -2.33. The minimum absolute atomic E-state index is 0.0260. The van der Waals surface area contributed by atoms with Gasteiger partial charge in [0.25, 0.3) is 5.03 Å². The van der Waals surface area contributed by atoms with Crippen molar-refractivity contribution in [3.8, 4) is 0 Å². The van der Waals surface area contributed by atoms with Gasteiger partial charge in [-0.25, -0.2) is 4.79 Å². The predicted octanol–water partition coefficient (Wildman–Crippen LogP) is 5.47. The Morgan fingerprint density at radius 2 is 1.73 bits per heavy atom. The Bertz CT molecular complexity index is 1400. The Labute approximate surface area is 237 Å². The number of pyridine rings is 1. The van der Waals surface area contributed by atoms with Gasteiger partial charge in [-0.15, -0.1) is 0 Å². The molecule has 1 aliphatic rings. The maximum atomic E-state index is 12.5. The second-order valence-electron chi connectivity index (χ2n) is 9.44. The second-order valence-corrected chi connectivity index (χ2v) is 10.5. The predicted molar refractivity (Wildman–Crippen MR) is 153 cm³/mol. The molecule has 0 spiro atoms. The molecular weight excluding hydrogens is 526 g/mol. The minimum atomic E-state index is -0.675. The van der Waals surface area contributed by atoms with E-state index in [9.17, 15) is 15.1 Å². The Kier molecular flexibility index (Phi) is 9.30. The van der Waals surface area contributed by atoms with Crippen molar-refractivity contribution in [1.29, 1.82) is 0 Å². The van der Waals surface area contributed by atoms with Gasteiger partial charge in [-0.1, -0.05) is 78.5 Å². The van der Waals surface area contributed by atoms with Crippen molar-refractivity contribution in [3.63, 3.8) is 0 Å². The number of nitrogens with one attached hydrogen (secondary N) is 2. The molecule has 1 aliphatic heterocycles. The van der Waals surface area contributed by atoms with Crippen molar-refractivity contribution < 1.29 is 24.1 Å². The number of aliphatic hydroxyl groups excluding tert-OH is 1. The maximum Gasteiger partial charge on any atom is 0.319 e. The summed E-state index contributed by atoms with van der Waals surface area (Å²) in [6.07, 6.45) is 0.963. The number of nitrogens with zero attached hydrogens (tertiary/aromatic N) is 1. The molecule has 0 radical (unpaired) electrons. The van der Waals surface area contributed by atoms with E-state index in [1.54, 1.807) is 12.1 Å². The number of benzene rings is 3. The van der Waals surface area contributed by atoms with E-state index in [0.717, 1.165) is 27.0 Å². The summed E-state index contributed by atoms with van der Waals surface area (Å²) in [7, 11) is 0. The number of anilines is 1. The van der Waals surface area contributed by atoms with Gasteiger partial charge in [-0.05, 0) is 34.9 Å². The lowest BCUT2D eigenvalue weighted by molar-refractivity contribution is -0.645. The van der Waals surface area contributed by atoms with Crippen molar-refractivity contribution in [2.45, 2.75) is 43.1 Å². The molecule has 40 heavy (non-hydrogen) atoms. The summed E-state index contributed by atoms with van der Waals surface area (Å²) in [6, 6.07) is 29.8. The standard InChI is InChI=1S/C31H31N3O5S/c35-20-23-12-14-24(15-13-23)28-18-27(21-40-29-11-4-5-16-34(29)37)38-30(39-28)25-9-6-10-26(17-25)33-31(36)32-19-22-7-2-1-3-8-22/h1-17,27-28,30,35H,18-21H2,(H2,32,33,36). The Morgan fingerprint density at radius 3 is 2.50 bits per heavy atom. The third-order valence-electron chi connectivity index (χ3n) is 6.53. The summed E-state index contributed by atoms with van der Waals surface area (Å²) in [5.74, 6) is 0.567. The number of ether oxygens (including phenoxy) is 2. The number of urea groups is 1. The van der Waals surface area contributed by atoms with Gasteiger partial charge in [0.1, 0.15) is 0 Å². The zero-order chi connectivity index (χ0) is 27.7. The van der Waals surface area contributed by atoms with Crippen molar-refractivity contribution in [3.05, 3.63) is 131 Å². The molecule has 0 aliphatic carbocycles. The van der Waals surface area contributed by atoms with Crippen molar-refractivity contribution >= 4 is 23.5 Å². The van der Waals surface area contributed by atoms with Crippen LogP contribution in [0.15, 0.2) is 108 Å². The van der Waals surface area contributed by atoms with Crippen molar-refractivity contribution in [2.75, 3.05) is 11.1 Å². The molecule has 2 amide bonds. The molecule has 0 saturated carbocycles. The minimum Gasteiger partial charge on any atom is -0.618 e. The number of hydrogen-bond donors (Lipinski definition) is 3. The van der Waals surface area contributed by atoms with Crippen LogP contribution in [0.25, 0.3) is 0 Å². The fourth-order valence-corrected chi connectivity index (χ4v) is 5.38. The first kappa shape index (κ1) is 27.7. The largest absolute Gasteiger partial charge is 0.618 e. The van der Waals surface area contributed by atoms with Crippen LogP contribution in [0.4, 0.5) is 10.5 Å². The SMILES string of the molecule is O=C(NCc1ccccc1)Nc1cccc(C2OC(CSc3cccc[n+]3[O-])CC(c3ccc(CO)cc3)O2)c1. The summed E-state index contributed by atoms with van der Waals surface area (Å²) >= 11 is 1.44. The molecule has 1 aromatic heterocycles. The zero-order valence-electron chi connectivity index (χ0n) is 21.8. The number of carbonyl (C=O) groups is 1. The quantitative estimate of drug-likeness (QED) is 0.143. The third kappa shape index (κ3) is 7.40. The number of aromatic nitrogens is 1. The van der Waals surface area contributed by atoms with Crippen LogP contribution in [-0.4, -0.2) is 23.0 Å². The number of amides is 2. The summed E-state index contributed by atoms with van der Waals surface area (Å²) in [4.78, 5) is 12.5. The molecule has 3 atom stereocenters. The topological polar surface area (TPSA) is 107 Å². The van der Waals surface area contributed by atoms with E-state index in [2.05, 4.69) is 10.6 Å². The number of carbonyl (C=O) groups excluding carboxylic acids is 1. The Hall–Kier alpha value is -3.89. The molecule has 8 nitrogen and oxygen atoms in total. The number of thioether (sulfide) groups is 1.